The highest BCUT2D eigenvalue weighted by Gasteiger charge is 2.39. The molecule has 0 radical (unpaired) electrons. The summed E-state index contributed by atoms with van der Waals surface area (Å²) in [6, 6.07) is 3.25. The Morgan fingerprint density at radius 3 is 2.85 bits per heavy atom. The molecule has 0 saturated heterocycles. The number of hydrogen-bond acceptors (Lipinski definition) is 4. The molecular weight excluding hydrogens is 168 g/mol. The number of aromatic nitrogens is 1. The topological polar surface area (TPSA) is 65.2 Å². The number of rotatable bonds is 0. The number of ether oxygens (including phenoxy) is 1. The number of carbonyl (C=O) groups is 1. The van der Waals surface area contributed by atoms with Crippen molar-refractivity contribution in [3.8, 4) is 0 Å². The Hall–Kier alpha value is -1.58. The number of esters is 1. The highest BCUT2D eigenvalue weighted by atomic mass is 16.6. The Morgan fingerprint density at radius 2 is 2.15 bits per heavy atom. The van der Waals surface area contributed by atoms with Gasteiger partial charge < -0.3 is 10.5 Å². The monoisotopic (exact) mass is 178 g/mol. The minimum absolute atomic E-state index is 0.326. The fourth-order valence-corrected chi connectivity index (χ4v) is 1.43. The summed E-state index contributed by atoms with van der Waals surface area (Å²) < 4.78 is 5.12. The van der Waals surface area contributed by atoms with Crippen LogP contribution in [0.4, 0.5) is 5.82 Å². The zero-order valence-corrected chi connectivity index (χ0v) is 7.50. The largest absolute Gasteiger partial charge is 0.449 e. The molecule has 1 aromatic heterocycles. The van der Waals surface area contributed by atoms with E-state index in [1.807, 2.05) is 0 Å². The number of hydrogen-bond donors (Lipinski definition) is 1. The molecule has 2 heterocycles. The van der Waals surface area contributed by atoms with Gasteiger partial charge in [0.05, 0.1) is 5.56 Å². The maximum Gasteiger partial charge on any atom is 0.341 e. The van der Waals surface area contributed by atoms with E-state index in [1.165, 1.54) is 0 Å². The molecule has 13 heavy (non-hydrogen) atoms. The van der Waals surface area contributed by atoms with Crippen LogP contribution in [0, 0.1) is 0 Å². The van der Waals surface area contributed by atoms with Gasteiger partial charge in [0.15, 0.2) is 0 Å². The van der Waals surface area contributed by atoms with E-state index in [9.17, 15) is 4.79 Å². The summed E-state index contributed by atoms with van der Waals surface area (Å²) in [5.41, 5.74) is 6.00. The standard InChI is InChI=1S/C9H10N2O2/c1-9(2)7-5(8(12)13-9)3-4-6(10)11-7/h3-4H,1-2H3,(H2,10,11). The minimum Gasteiger partial charge on any atom is -0.449 e. The Balaban J connectivity index is 2.66. The Labute approximate surface area is 75.7 Å². The summed E-state index contributed by atoms with van der Waals surface area (Å²) in [5, 5.41) is 0. The van der Waals surface area contributed by atoms with Crippen LogP contribution in [0.1, 0.15) is 29.9 Å². The van der Waals surface area contributed by atoms with Gasteiger partial charge in [0, 0.05) is 0 Å². The molecule has 68 valence electrons. The highest BCUT2D eigenvalue weighted by Crippen LogP contribution is 2.34. The first kappa shape index (κ1) is 8.04. The zero-order valence-electron chi connectivity index (χ0n) is 7.50. The average Bonchev–Trinajstić information content (AvgIpc) is 2.23. The average molecular weight is 178 g/mol. The van der Waals surface area contributed by atoms with Crippen molar-refractivity contribution in [1.82, 2.24) is 4.98 Å². The van der Waals surface area contributed by atoms with Gasteiger partial charge in [-0.05, 0) is 26.0 Å². The van der Waals surface area contributed by atoms with E-state index in [4.69, 9.17) is 10.5 Å². The lowest BCUT2D eigenvalue weighted by Crippen LogP contribution is -2.17. The van der Waals surface area contributed by atoms with Gasteiger partial charge in [0.25, 0.3) is 0 Å². The smallest absolute Gasteiger partial charge is 0.341 e. The third kappa shape index (κ3) is 1.06. The van der Waals surface area contributed by atoms with E-state index in [2.05, 4.69) is 4.98 Å². The highest BCUT2D eigenvalue weighted by molar-refractivity contribution is 5.94. The number of cyclic esters (lactones) is 1. The summed E-state index contributed by atoms with van der Waals surface area (Å²) in [6.45, 7) is 3.59. The molecule has 0 fully saturated rings. The number of nitrogens with zero attached hydrogens (tertiary/aromatic N) is 1. The van der Waals surface area contributed by atoms with Crippen molar-refractivity contribution in [2.45, 2.75) is 19.4 Å². The van der Waals surface area contributed by atoms with E-state index < -0.39 is 5.60 Å². The lowest BCUT2D eigenvalue weighted by atomic mass is 10.0. The predicted molar refractivity (Wildman–Crippen MR) is 47.1 cm³/mol. The van der Waals surface area contributed by atoms with Gasteiger partial charge in [0.2, 0.25) is 0 Å². The lowest BCUT2D eigenvalue weighted by molar-refractivity contribution is 0.00834. The summed E-state index contributed by atoms with van der Waals surface area (Å²) in [6.07, 6.45) is 0. The normalized spacial score (nSPS) is 18.2. The molecule has 0 aliphatic carbocycles. The number of pyridine rings is 1. The number of nitrogens with two attached hydrogens (primary N) is 1. The first-order valence-corrected chi connectivity index (χ1v) is 4.01. The molecule has 2 rings (SSSR count). The number of nitrogen functional groups attached to an aromatic ring is 1. The van der Waals surface area contributed by atoms with E-state index in [-0.39, 0.29) is 5.97 Å². The first-order valence-electron chi connectivity index (χ1n) is 4.01. The molecule has 0 bridgehead atoms. The number of carbonyl (C=O) groups excluding carboxylic acids is 1. The van der Waals surface area contributed by atoms with E-state index in [1.54, 1.807) is 26.0 Å². The molecule has 0 aromatic carbocycles. The van der Waals surface area contributed by atoms with Crippen LogP contribution >= 0.6 is 0 Å². The summed E-state index contributed by atoms with van der Waals surface area (Å²) in [5.74, 6) is 0.0811. The third-order valence-corrected chi connectivity index (χ3v) is 2.05. The zero-order chi connectivity index (χ0) is 9.64. The maximum atomic E-state index is 11.3. The molecule has 1 aromatic rings. The van der Waals surface area contributed by atoms with Crippen LogP contribution in [0.2, 0.25) is 0 Å². The van der Waals surface area contributed by atoms with Crippen molar-refractivity contribution >= 4 is 11.8 Å². The van der Waals surface area contributed by atoms with Gasteiger partial charge in [-0.1, -0.05) is 0 Å². The fourth-order valence-electron chi connectivity index (χ4n) is 1.43. The van der Waals surface area contributed by atoms with Gasteiger partial charge in [-0.15, -0.1) is 0 Å². The molecule has 0 spiro atoms. The van der Waals surface area contributed by atoms with Crippen molar-refractivity contribution in [1.29, 1.82) is 0 Å². The van der Waals surface area contributed by atoms with E-state index in [0.29, 0.717) is 17.1 Å². The summed E-state index contributed by atoms with van der Waals surface area (Å²) in [7, 11) is 0. The van der Waals surface area contributed by atoms with Crippen LogP contribution in [0.5, 0.6) is 0 Å². The van der Waals surface area contributed by atoms with Gasteiger partial charge in [0.1, 0.15) is 17.1 Å². The van der Waals surface area contributed by atoms with Crippen LogP contribution in [0.3, 0.4) is 0 Å². The molecule has 0 atom stereocenters. The van der Waals surface area contributed by atoms with Crippen molar-refractivity contribution in [2.24, 2.45) is 0 Å². The van der Waals surface area contributed by atoms with Crippen molar-refractivity contribution in [2.75, 3.05) is 5.73 Å². The SMILES string of the molecule is CC1(C)OC(=O)c2ccc(N)nc21. The Kier molecular flexibility index (Phi) is 1.37. The van der Waals surface area contributed by atoms with Gasteiger partial charge >= 0.3 is 5.97 Å². The molecular formula is C9H10N2O2. The van der Waals surface area contributed by atoms with Gasteiger partial charge in [-0.2, -0.15) is 0 Å². The Bertz CT molecular complexity index is 385. The second kappa shape index (κ2) is 2.22. The maximum absolute atomic E-state index is 11.3. The van der Waals surface area contributed by atoms with Crippen LogP contribution in [-0.2, 0) is 10.3 Å². The molecule has 1 aliphatic heterocycles. The predicted octanol–water partition coefficient (Wildman–Crippen LogP) is 1.07. The van der Waals surface area contributed by atoms with E-state index in [0.717, 1.165) is 0 Å². The van der Waals surface area contributed by atoms with Gasteiger partial charge in [-0.3, -0.25) is 0 Å². The molecule has 2 N–H and O–H groups in total. The molecule has 0 amide bonds. The number of fused-ring (bicyclic) bond motifs is 1. The second-order valence-corrected chi connectivity index (χ2v) is 3.53. The molecule has 0 unspecified atom stereocenters. The summed E-state index contributed by atoms with van der Waals surface area (Å²) in [4.78, 5) is 15.4. The lowest BCUT2D eigenvalue weighted by Gasteiger charge is -2.16. The molecule has 1 aliphatic rings. The molecule has 4 heteroatoms. The minimum atomic E-state index is -0.651. The fraction of sp³-hybridized carbons (Fsp3) is 0.333. The van der Waals surface area contributed by atoms with Crippen LogP contribution in [0.25, 0.3) is 0 Å². The van der Waals surface area contributed by atoms with Crippen molar-refractivity contribution < 1.29 is 9.53 Å². The second-order valence-electron chi connectivity index (χ2n) is 3.53. The van der Waals surface area contributed by atoms with Gasteiger partial charge in [-0.25, -0.2) is 9.78 Å². The first-order chi connectivity index (χ1) is 6.00. The molecule has 0 saturated carbocycles. The van der Waals surface area contributed by atoms with E-state index >= 15 is 0 Å². The van der Waals surface area contributed by atoms with Crippen LogP contribution in [0.15, 0.2) is 12.1 Å². The number of anilines is 1. The van der Waals surface area contributed by atoms with Crippen molar-refractivity contribution in [3.05, 3.63) is 23.4 Å². The van der Waals surface area contributed by atoms with Crippen molar-refractivity contribution in [3.63, 3.8) is 0 Å². The Morgan fingerprint density at radius 1 is 1.46 bits per heavy atom. The molecule has 4 nitrogen and oxygen atoms in total. The van der Waals surface area contributed by atoms with Crippen LogP contribution < -0.4 is 5.73 Å². The third-order valence-electron chi connectivity index (χ3n) is 2.05. The quantitative estimate of drug-likeness (QED) is 0.603. The summed E-state index contributed by atoms with van der Waals surface area (Å²) >= 11 is 0. The van der Waals surface area contributed by atoms with Crippen LogP contribution in [-0.4, -0.2) is 11.0 Å².